The number of anilines is 1. The maximum atomic E-state index is 12.5. The van der Waals surface area contributed by atoms with Crippen LogP contribution in [0.2, 0.25) is 0 Å². The van der Waals surface area contributed by atoms with Gasteiger partial charge in [0.1, 0.15) is 5.56 Å². The van der Waals surface area contributed by atoms with Crippen molar-refractivity contribution in [3.05, 3.63) is 33.9 Å². The largest absolute Gasteiger partial charge is 0.399 e. The highest BCUT2D eigenvalue weighted by Gasteiger charge is 2.41. The number of nitrogens with two attached hydrogens (primary N) is 1. The Balaban J connectivity index is 1.95. The average molecular weight is 261 g/mol. The van der Waals surface area contributed by atoms with Crippen molar-refractivity contribution in [2.45, 2.75) is 25.3 Å². The molecule has 2 N–H and O–H groups in total. The topological polar surface area (TPSA) is 89.5 Å². The van der Waals surface area contributed by atoms with Gasteiger partial charge in [-0.05, 0) is 37.3 Å². The van der Waals surface area contributed by atoms with Crippen molar-refractivity contribution in [2.24, 2.45) is 5.92 Å². The summed E-state index contributed by atoms with van der Waals surface area (Å²) in [6, 6.07) is 4.41. The molecule has 2 unspecified atom stereocenters. The Kier molecular flexibility index (Phi) is 2.66. The Morgan fingerprint density at radius 1 is 1.42 bits per heavy atom. The number of hydrogen-bond donors (Lipinski definition) is 1. The zero-order chi connectivity index (χ0) is 13.6. The summed E-state index contributed by atoms with van der Waals surface area (Å²) in [6.07, 6.45) is 3.20. The van der Waals surface area contributed by atoms with E-state index in [0.717, 1.165) is 25.8 Å². The van der Waals surface area contributed by atoms with Crippen LogP contribution in [0.4, 0.5) is 11.4 Å². The third kappa shape index (κ3) is 1.93. The fraction of sp³-hybridized carbons (Fsp3) is 0.462. The number of hydrogen-bond acceptors (Lipinski definition) is 4. The molecular formula is C13H15N3O3. The number of nitrogen functional groups attached to an aromatic ring is 1. The number of likely N-dealkylation sites (tertiary alicyclic amines) is 1. The van der Waals surface area contributed by atoms with E-state index < -0.39 is 4.92 Å². The van der Waals surface area contributed by atoms with Crippen LogP contribution in [0.15, 0.2) is 18.2 Å². The summed E-state index contributed by atoms with van der Waals surface area (Å²) >= 11 is 0. The molecule has 6 nitrogen and oxygen atoms in total. The lowest BCUT2D eigenvalue weighted by atomic mass is 10.1. The van der Waals surface area contributed by atoms with Gasteiger partial charge < -0.3 is 10.6 Å². The number of nitro groups is 1. The zero-order valence-corrected chi connectivity index (χ0v) is 10.4. The lowest BCUT2D eigenvalue weighted by molar-refractivity contribution is -0.385. The van der Waals surface area contributed by atoms with Gasteiger partial charge in [-0.2, -0.15) is 0 Å². The van der Waals surface area contributed by atoms with Crippen molar-refractivity contribution in [3.63, 3.8) is 0 Å². The maximum absolute atomic E-state index is 12.5. The Morgan fingerprint density at radius 2 is 2.21 bits per heavy atom. The second-order valence-electron chi connectivity index (χ2n) is 5.32. The quantitative estimate of drug-likeness (QED) is 0.499. The monoisotopic (exact) mass is 261 g/mol. The molecule has 1 saturated carbocycles. The van der Waals surface area contributed by atoms with Gasteiger partial charge in [0.25, 0.3) is 11.6 Å². The second kappa shape index (κ2) is 4.22. The summed E-state index contributed by atoms with van der Waals surface area (Å²) in [5.41, 5.74) is 5.96. The van der Waals surface area contributed by atoms with Crippen molar-refractivity contribution < 1.29 is 9.72 Å². The molecule has 6 heteroatoms. The predicted molar refractivity (Wildman–Crippen MR) is 69.7 cm³/mol. The summed E-state index contributed by atoms with van der Waals surface area (Å²) in [6.45, 7) is 0.718. The normalized spacial score (nSPS) is 24.7. The number of piperidine rings is 1. The van der Waals surface area contributed by atoms with Gasteiger partial charge in [-0.3, -0.25) is 14.9 Å². The zero-order valence-electron chi connectivity index (χ0n) is 10.4. The molecule has 0 spiro atoms. The summed E-state index contributed by atoms with van der Waals surface area (Å²) in [5.74, 6) is 0.306. The van der Waals surface area contributed by atoms with Crippen molar-refractivity contribution in [1.82, 2.24) is 4.90 Å². The molecule has 1 heterocycles. The van der Waals surface area contributed by atoms with E-state index in [0.29, 0.717) is 11.6 Å². The fourth-order valence-electron chi connectivity index (χ4n) is 3.21. The minimum absolute atomic E-state index is 0.109. The van der Waals surface area contributed by atoms with Crippen molar-refractivity contribution in [1.29, 1.82) is 0 Å². The molecule has 0 aromatic heterocycles. The van der Waals surface area contributed by atoms with E-state index in [1.54, 1.807) is 4.90 Å². The van der Waals surface area contributed by atoms with Crippen LogP contribution >= 0.6 is 0 Å². The van der Waals surface area contributed by atoms with E-state index in [4.69, 9.17) is 5.73 Å². The molecule has 19 heavy (non-hydrogen) atoms. The summed E-state index contributed by atoms with van der Waals surface area (Å²) in [5, 5.41) is 11.0. The van der Waals surface area contributed by atoms with E-state index in [1.807, 2.05) is 0 Å². The van der Waals surface area contributed by atoms with Gasteiger partial charge in [-0.15, -0.1) is 0 Å². The first-order valence-electron chi connectivity index (χ1n) is 6.41. The second-order valence-corrected chi connectivity index (χ2v) is 5.32. The molecule has 1 aromatic carbocycles. The lowest BCUT2D eigenvalue weighted by Gasteiger charge is -2.26. The van der Waals surface area contributed by atoms with Crippen molar-refractivity contribution >= 4 is 17.3 Å². The number of amides is 1. The first kappa shape index (κ1) is 12.0. The molecule has 3 rings (SSSR count). The van der Waals surface area contributed by atoms with E-state index in [-0.39, 0.29) is 23.2 Å². The highest BCUT2D eigenvalue weighted by atomic mass is 16.6. The number of nitrogens with zero attached hydrogens (tertiary/aromatic N) is 2. The molecule has 2 fully saturated rings. The first-order chi connectivity index (χ1) is 9.06. The minimum Gasteiger partial charge on any atom is -0.399 e. The summed E-state index contributed by atoms with van der Waals surface area (Å²) in [7, 11) is 0. The SMILES string of the molecule is Nc1ccc([N+](=O)[O-])c(C(=O)N2CC3CCC2C3)c1. The molecule has 0 radical (unpaired) electrons. The highest BCUT2D eigenvalue weighted by Crippen LogP contribution is 2.39. The number of rotatable bonds is 2. The van der Waals surface area contributed by atoms with Crippen LogP contribution in [0.5, 0.6) is 0 Å². The fourth-order valence-corrected chi connectivity index (χ4v) is 3.21. The third-order valence-electron chi connectivity index (χ3n) is 4.12. The number of benzene rings is 1. The van der Waals surface area contributed by atoms with Gasteiger partial charge in [0, 0.05) is 24.3 Å². The highest BCUT2D eigenvalue weighted by molar-refractivity contribution is 5.99. The van der Waals surface area contributed by atoms with Crippen LogP contribution in [0, 0.1) is 16.0 Å². The van der Waals surface area contributed by atoms with Gasteiger partial charge in [0.2, 0.25) is 0 Å². The average Bonchev–Trinajstić information content (AvgIpc) is 2.99. The molecule has 1 amide bonds. The summed E-state index contributed by atoms with van der Waals surface area (Å²) < 4.78 is 0. The van der Waals surface area contributed by atoms with E-state index in [9.17, 15) is 14.9 Å². The smallest absolute Gasteiger partial charge is 0.282 e. The van der Waals surface area contributed by atoms with E-state index in [2.05, 4.69) is 0 Å². The van der Waals surface area contributed by atoms with Gasteiger partial charge in [0.15, 0.2) is 0 Å². The summed E-state index contributed by atoms with van der Waals surface area (Å²) in [4.78, 5) is 24.7. The van der Waals surface area contributed by atoms with Crippen LogP contribution in [-0.4, -0.2) is 28.3 Å². The predicted octanol–water partition coefficient (Wildman–Crippen LogP) is 1.80. The minimum atomic E-state index is -0.527. The molecule has 2 atom stereocenters. The number of fused-ring (bicyclic) bond motifs is 2. The first-order valence-corrected chi connectivity index (χ1v) is 6.41. The molecule has 2 aliphatic rings. The van der Waals surface area contributed by atoms with Gasteiger partial charge in [-0.25, -0.2) is 0 Å². The standard InChI is InChI=1S/C13H15N3O3/c14-9-2-4-12(16(18)19)11(6-9)13(17)15-7-8-1-3-10(15)5-8/h2,4,6,8,10H,1,3,5,7,14H2. The maximum Gasteiger partial charge on any atom is 0.282 e. The molecule has 2 bridgehead atoms. The van der Waals surface area contributed by atoms with Crippen LogP contribution < -0.4 is 5.73 Å². The molecule has 1 aliphatic heterocycles. The third-order valence-corrected chi connectivity index (χ3v) is 4.12. The lowest BCUT2D eigenvalue weighted by Crippen LogP contribution is -2.37. The van der Waals surface area contributed by atoms with Crippen LogP contribution in [-0.2, 0) is 0 Å². The van der Waals surface area contributed by atoms with Crippen LogP contribution in [0.1, 0.15) is 29.6 Å². The Hall–Kier alpha value is -2.11. The van der Waals surface area contributed by atoms with Crippen LogP contribution in [0.25, 0.3) is 0 Å². The molecule has 100 valence electrons. The molecule has 1 aromatic rings. The number of carbonyl (C=O) groups is 1. The van der Waals surface area contributed by atoms with Crippen molar-refractivity contribution in [2.75, 3.05) is 12.3 Å². The molecule has 1 aliphatic carbocycles. The number of nitro benzene ring substituents is 1. The van der Waals surface area contributed by atoms with Crippen molar-refractivity contribution in [3.8, 4) is 0 Å². The van der Waals surface area contributed by atoms with Gasteiger partial charge in [0.05, 0.1) is 4.92 Å². The van der Waals surface area contributed by atoms with Crippen LogP contribution in [0.3, 0.4) is 0 Å². The molecule has 1 saturated heterocycles. The number of carbonyl (C=O) groups excluding carboxylic acids is 1. The Labute approximate surface area is 110 Å². The Morgan fingerprint density at radius 3 is 2.79 bits per heavy atom. The molecular weight excluding hydrogens is 246 g/mol. The van der Waals surface area contributed by atoms with E-state index in [1.165, 1.54) is 18.2 Å². The Bertz CT molecular complexity index is 558. The van der Waals surface area contributed by atoms with E-state index >= 15 is 0 Å². The van der Waals surface area contributed by atoms with Gasteiger partial charge in [-0.1, -0.05) is 0 Å². The van der Waals surface area contributed by atoms with Gasteiger partial charge >= 0.3 is 0 Å².